The van der Waals surface area contributed by atoms with Crippen LogP contribution in [0.25, 0.3) is 10.9 Å². The minimum atomic E-state index is -0.0223. The Morgan fingerprint density at radius 3 is 2.58 bits per heavy atom. The van der Waals surface area contributed by atoms with Crippen LogP contribution in [-0.4, -0.2) is 17.6 Å². The zero-order chi connectivity index (χ0) is 17.1. The molecule has 3 nitrogen and oxygen atoms in total. The van der Waals surface area contributed by atoms with Crippen molar-refractivity contribution < 1.29 is 9.53 Å². The fourth-order valence-corrected chi connectivity index (χ4v) is 2.95. The number of ether oxygens (including phenoxy) is 1. The van der Waals surface area contributed by atoms with Gasteiger partial charge in [0.15, 0.2) is 0 Å². The number of methoxy groups -OCH3 is 1. The van der Waals surface area contributed by atoms with Crippen LogP contribution in [0.15, 0.2) is 42.5 Å². The molecule has 0 bridgehead atoms. The number of carbonyl (C=O) groups is 1. The largest absolute Gasteiger partial charge is 0.497 e. The van der Waals surface area contributed by atoms with Crippen molar-refractivity contribution in [1.29, 1.82) is 0 Å². The fraction of sp³-hybridized carbons (Fsp3) is 0.286. The summed E-state index contributed by atoms with van der Waals surface area (Å²) < 4.78 is 6.97. The van der Waals surface area contributed by atoms with Crippen molar-refractivity contribution in [3.05, 3.63) is 65.4 Å². The summed E-state index contributed by atoms with van der Waals surface area (Å²) in [6, 6.07) is 16.9. The van der Waals surface area contributed by atoms with Gasteiger partial charge in [-0.2, -0.15) is 0 Å². The van der Waals surface area contributed by atoms with E-state index >= 15 is 0 Å². The van der Waals surface area contributed by atoms with E-state index in [4.69, 9.17) is 4.74 Å². The highest BCUT2D eigenvalue weighted by atomic mass is 16.5. The van der Waals surface area contributed by atoms with E-state index in [9.17, 15) is 4.79 Å². The number of rotatable bonds is 5. The molecule has 0 saturated carbocycles. The zero-order valence-corrected chi connectivity index (χ0v) is 14.4. The molecule has 2 aromatic carbocycles. The second-order valence-corrected chi connectivity index (χ2v) is 6.03. The van der Waals surface area contributed by atoms with Gasteiger partial charge in [0.05, 0.1) is 12.6 Å². The maximum absolute atomic E-state index is 12.9. The number of nitrogens with zero attached hydrogens (tertiary/aromatic N) is 1. The zero-order valence-electron chi connectivity index (χ0n) is 14.4. The molecule has 0 spiro atoms. The first-order chi connectivity index (χ1) is 11.6. The van der Waals surface area contributed by atoms with Crippen LogP contribution in [0.1, 0.15) is 41.4 Å². The minimum Gasteiger partial charge on any atom is -0.497 e. The molecule has 0 atom stereocenters. The molecule has 24 heavy (non-hydrogen) atoms. The van der Waals surface area contributed by atoms with E-state index in [2.05, 4.69) is 25.1 Å². The Balaban J connectivity index is 1.94. The van der Waals surface area contributed by atoms with Gasteiger partial charge in [0.1, 0.15) is 5.75 Å². The first-order valence-electron chi connectivity index (χ1n) is 8.36. The van der Waals surface area contributed by atoms with E-state index in [1.807, 2.05) is 37.3 Å². The summed E-state index contributed by atoms with van der Waals surface area (Å²) in [4.78, 5) is 12.9. The lowest BCUT2D eigenvalue weighted by atomic mass is 10.1. The lowest BCUT2D eigenvalue weighted by Gasteiger charge is -2.08. The molecule has 123 valence electrons. The maximum Gasteiger partial charge on any atom is 0.262 e. The third-order valence-corrected chi connectivity index (χ3v) is 4.32. The minimum absolute atomic E-state index is 0.0223. The third-order valence-electron chi connectivity index (χ3n) is 4.32. The van der Waals surface area contributed by atoms with Crippen LogP contribution in [0.2, 0.25) is 0 Å². The number of fused-ring (bicyclic) bond motifs is 1. The van der Waals surface area contributed by atoms with Gasteiger partial charge in [-0.25, -0.2) is 0 Å². The Labute approximate surface area is 142 Å². The van der Waals surface area contributed by atoms with Crippen molar-refractivity contribution >= 4 is 16.8 Å². The smallest absolute Gasteiger partial charge is 0.262 e. The van der Waals surface area contributed by atoms with Crippen molar-refractivity contribution in [2.24, 2.45) is 0 Å². The predicted molar refractivity (Wildman–Crippen MR) is 96.8 cm³/mol. The highest BCUT2D eigenvalue weighted by Gasteiger charge is 2.15. The molecule has 1 heterocycles. The third kappa shape index (κ3) is 3.07. The number of aryl methyl sites for hydroxylation is 2. The summed E-state index contributed by atoms with van der Waals surface area (Å²) in [7, 11) is 1.64. The topological polar surface area (TPSA) is 31.2 Å². The molecular weight excluding hydrogens is 298 g/mol. The molecule has 0 amide bonds. The molecule has 0 N–H and O–H groups in total. The SMILES string of the molecule is CCCCc1ccc(C(=O)n2c(C)[c]c3cc(OC)ccc32)cc1. The van der Waals surface area contributed by atoms with Crippen LogP contribution < -0.4 is 4.74 Å². The van der Waals surface area contributed by atoms with Crippen molar-refractivity contribution in [1.82, 2.24) is 4.57 Å². The number of aromatic nitrogens is 1. The number of benzene rings is 2. The molecule has 3 aromatic rings. The Hall–Kier alpha value is -2.55. The second kappa shape index (κ2) is 6.91. The monoisotopic (exact) mass is 320 g/mol. The summed E-state index contributed by atoms with van der Waals surface area (Å²) in [6.45, 7) is 4.09. The maximum atomic E-state index is 12.9. The molecule has 0 unspecified atom stereocenters. The summed E-state index contributed by atoms with van der Waals surface area (Å²) in [5.74, 6) is 0.745. The average molecular weight is 320 g/mol. The van der Waals surface area contributed by atoms with Crippen LogP contribution in [0.3, 0.4) is 0 Å². The van der Waals surface area contributed by atoms with E-state index in [1.54, 1.807) is 11.7 Å². The van der Waals surface area contributed by atoms with Gasteiger partial charge in [0.2, 0.25) is 0 Å². The van der Waals surface area contributed by atoms with Crippen LogP contribution in [0.5, 0.6) is 5.75 Å². The average Bonchev–Trinajstić information content (AvgIpc) is 2.94. The van der Waals surface area contributed by atoms with Gasteiger partial charge in [-0.3, -0.25) is 9.36 Å². The fourth-order valence-electron chi connectivity index (χ4n) is 2.95. The van der Waals surface area contributed by atoms with Gasteiger partial charge < -0.3 is 4.74 Å². The number of carbonyl (C=O) groups excluding carboxylic acids is 1. The highest BCUT2D eigenvalue weighted by molar-refractivity contribution is 6.03. The number of hydrogen-bond acceptors (Lipinski definition) is 2. The molecular formula is C21H22NO2. The molecule has 1 aromatic heterocycles. The molecule has 0 fully saturated rings. The summed E-state index contributed by atoms with van der Waals surface area (Å²) >= 11 is 0. The second-order valence-electron chi connectivity index (χ2n) is 6.03. The van der Waals surface area contributed by atoms with Crippen molar-refractivity contribution in [2.75, 3.05) is 7.11 Å². The highest BCUT2D eigenvalue weighted by Crippen LogP contribution is 2.25. The molecule has 0 saturated heterocycles. The molecule has 3 heteroatoms. The van der Waals surface area contributed by atoms with Gasteiger partial charge in [0, 0.05) is 22.7 Å². The summed E-state index contributed by atoms with van der Waals surface area (Å²) in [6.07, 6.45) is 3.41. The predicted octanol–water partition coefficient (Wildman–Crippen LogP) is 4.79. The lowest BCUT2D eigenvalue weighted by Crippen LogP contribution is -2.13. The van der Waals surface area contributed by atoms with E-state index in [0.29, 0.717) is 5.56 Å². The number of hydrogen-bond donors (Lipinski definition) is 0. The van der Waals surface area contributed by atoms with Crippen LogP contribution in [0.4, 0.5) is 0 Å². The quantitative estimate of drug-likeness (QED) is 0.677. The Morgan fingerprint density at radius 2 is 1.92 bits per heavy atom. The van der Waals surface area contributed by atoms with Gasteiger partial charge in [-0.05, 0) is 55.7 Å². The normalized spacial score (nSPS) is 11.0. The summed E-state index contributed by atoms with van der Waals surface area (Å²) in [5, 5.41) is 0.889. The molecule has 0 aliphatic rings. The van der Waals surface area contributed by atoms with Gasteiger partial charge in [0.25, 0.3) is 5.91 Å². The van der Waals surface area contributed by atoms with Crippen molar-refractivity contribution in [3.63, 3.8) is 0 Å². The molecule has 1 radical (unpaired) electrons. The van der Waals surface area contributed by atoms with Gasteiger partial charge in [-0.15, -0.1) is 0 Å². The van der Waals surface area contributed by atoms with Crippen LogP contribution in [0, 0.1) is 13.0 Å². The lowest BCUT2D eigenvalue weighted by molar-refractivity contribution is 0.0963. The Kier molecular flexibility index (Phi) is 4.70. The molecule has 3 rings (SSSR count). The number of unbranched alkanes of at least 4 members (excludes halogenated alkanes) is 1. The van der Waals surface area contributed by atoms with Crippen molar-refractivity contribution in [2.45, 2.75) is 33.1 Å². The van der Waals surface area contributed by atoms with E-state index in [0.717, 1.165) is 28.8 Å². The van der Waals surface area contributed by atoms with Gasteiger partial charge in [-0.1, -0.05) is 25.5 Å². The van der Waals surface area contributed by atoms with Crippen LogP contribution >= 0.6 is 0 Å². The van der Waals surface area contributed by atoms with Gasteiger partial charge >= 0.3 is 0 Å². The Bertz CT molecular complexity index is 859. The molecule has 0 aliphatic carbocycles. The first kappa shape index (κ1) is 16.3. The van der Waals surface area contributed by atoms with E-state index in [-0.39, 0.29) is 5.91 Å². The van der Waals surface area contributed by atoms with Crippen LogP contribution in [-0.2, 0) is 6.42 Å². The molecule has 0 aliphatic heterocycles. The summed E-state index contributed by atoms with van der Waals surface area (Å²) in [5.41, 5.74) is 3.63. The van der Waals surface area contributed by atoms with E-state index in [1.165, 1.54) is 18.4 Å². The Morgan fingerprint density at radius 1 is 1.17 bits per heavy atom. The first-order valence-corrected chi connectivity index (χ1v) is 8.36. The van der Waals surface area contributed by atoms with Crippen molar-refractivity contribution in [3.8, 4) is 5.75 Å². The standard InChI is InChI=1S/C21H22NO2/c1-4-5-6-16-7-9-17(10-8-16)21(23)22-15(2)13-18-14-19(24-3)11-12-20(18)22/h7-12,14H,4-6H2,1-3H3. The van der Waals surface area contributed by atoms with E-state index < -0.39 is 0 Å².